The van der Waals surface area contributed by atoms with E-state index in [0.717, 1.165) is 0 Å². The number of halogens is 1. The molecule has 0 saturated carbocycles. The zero-order valence-corrected chi connectivity index (χ0v) is 12.9. The Kier molecular flexibility index (Phi) is 3.88. The van der Waals surface area contributed by atoms with Gasteiger partial charge in [0.15, 0.2) is 0 Å². The highest BCUT2D eigenvalue weighted by atomic mass is 35.5. The summed E-state index contributed by atoms with van der Waals surface area (Å²) in [6.07, 6.45) is 0. The van der Waals surface area contributed by atoms with Crippen molar-refractivity contribution >= 4 is 29.4 Å². The maximum Gasteiger partial charge on any atom is 0.340 e. The first-order chi connectivity index (χ1) is 11.0. The Morgan fingerprint density at radius 1 is 1.04 bits per heavy atom. The van der Waals surface area contributed by atoms with Gasteiger partial charge in [0.2, 0.25) is 0 Å². The quantitative estimate of drug-likeness (QED) is 0.811. The number of carbonyl (C=O) groups is 3. The van der Waals surface area contributed by atoms with Gasteiger partial charge < -0.3 is 4.84 Å². The van der Waals surface area contributed by atoms with Crippen molar-refractivity contribution in [3.8, 4) is 0 Å². The topological polar surface area (TPSA) is 63.7 Å². The van der Waals surface area contributed by atoms with E-state index in [0.29, 0.717) is 15.6 Å². The van der Waals surface area contributed by atoms with Gasteiger partial charge in [-0.2, -0.15) is 0 Å². The van der Waals surface area contributed by atoms with E-state index in [1.165, 1.54) is 12.1 Å². The Morgan fingerprint density at radius 2 is 1.65 bits per heavy atom. The van der Waals surface area contributed by atoms with E-state index in [1.54, 1.807) is 43.3 Å². The predicted octanol–water partition coefficient (Wildman–Crippen LogP) is 3.20. The third kappa shape index (κ3) is 2.71. The maximum atomic E-state index is 12.2. The number of hydrogen-bond donors (Lipinski definition) is 0. The van der Waals surface area contributed by atoms with Gasteiger partial charge in [-0.05, 0) is 36.8 Å². The largest absolute Gasteiger partial charge is 0.340 e. The van der Waals surface area contributed by atoms with Crippen LogP contribution in [-0.4, -0.2) is 22.8 Å². The molecular weight excluding hydrogens is 318 g/mol. The Bertz CT molecular complexity index is 783. The molecule has 116 valence electrons. The molecule has 2 aromatic carbocycles. The molecule has 0 bridgehead atoms. The summed E-state index contributed by atoms with van der Waals surface area (Å²) in [5.41, 5.74) is 1.08. The lowest BCUT2D eigenvalue weighted by atomic mass is 10.0. The smallest absolute Gasteiger partial charge is 0.329 e. The number of carbonyl (C=O) groups excluding carboxylic acids is 3. The normalized spacial score (nSPS) is 14.6. The van der Waals surface area contributed by atoms with Crippen molar-refractivity contribution in [2.45, 2.75) is 12.8 Å². The highest BCUT2D eigenvalue weighted by molar-refractivity contribution is 6.30. The summed E-state index contributed by atoms with van der Waals surface area (Å²) in [5.74, 6) is -2.66. The van der Waals surface area contributed by atoms with Crippen LogP contribution in [0.2, 0.25) is 5.02 Å². The minimum atomic E-state index is -0.707. The lowest BCUT2D eigenvalue weighted by Gasteiger charge is -2.16. The third-order valence-corrected chi connectivity index (χ3v) is 3.88. The summed E-state index contributed by atoms with van der Waals surface area (Å²) in [5, 5.41) is 0.997. The molecule has 1 atom stereocenters. The molecule has 1 aliphatic rings. The first-order valence-electron chi connectivity index (χ1n) is 6.94. The molecule has 2 aromatic rings. The zero-order valence-electron chi connectivity index (χ0n) is 12.2. The van der Waals surface area contributed by atoms with E-state index in [4.69, 9.17) is 16.4 Å². The number of imide groups is 1. The summed E-state index contributed by atoms with van der Waals surface area (Å²) < 4.78 is 0. The molecule has 6 heteroatoms. The fourth-order valence-electron chi connectivity index (χ4n) is 2.33. The average molecular weight is 330 g/mol. The molecule has 5 nitrogen and oxygen atoms in total. The molecule has 3 rings (SSSR count). The van der Waals surface area contributed by atoms with Crippen LogP contribution in [0.15, 0.2) is 48.5 Å². The molecular formula is C17H12ClNO4. The van der Waals surface area contributed by atoms with Crippen molar-refractivity contribution in [1.29, 1.82) is 0 Å². The van der Waals surface area contributed by atoms with Crippen molar-refractivity contribution in [3.05, 3.63) is 70.2 Å². The van der Waals surface area contributed by atoms with Crippen LogP contribution in [0.4, 0.5) is 0 Å². The molecule has 0 aromatic heterocycles. The second-order valence-electron chi connectivity index (χ2n) is 5.14. The van der Waals surface area contributed by atoms with E-state index in [-0.39, 0.29) is 11.1 Å². The van der Waals surface area contributed by atoms with Gasteiger partial charge in [0.05, 0.1) is 17.0 Å². The Morgan fingerprint density at radius 3 is 2.22 bits per heavy atom. The fraction of sp³-hybridized carbons (Fsp3) is 0.118. The number of fused-ring (bicyclic) bond motifs is 1. The third-order valence-electron chi connectivity index (χ3n) is 3.64. The van der Waals surface area contributed by atoms with Crippen molar-refractivity contribution in [3.63, 3.8) is 0 Å². The van der Waals surface area contributed by atoms with Gasteiger partial charge >= 0.3 is 5.97 Å². The van der Waals surface area contributed by atoms with E-state index in [2.05, 4.69) is 0 Å². The van der Waals surface area contributed by atoms with E-state index < -0.39 is 23.7 Å². The van der Waals surface area contributed by atoms with Gasteiger partial charge in [-0.15, -0.1) is 0 Å². The fourth-order valence-corrected chi connectivity index (χ4v) is 2.53. The molecule has 0 fully saturated rings. The van der Waals surface area contributed by atoms with Crippen LogP contribution in [0.3, 0.4) is 0 Å². The van der Waals surface area contributed by atoms with Crippen molar-refractivity contribution in [2.24, 2.45) is 0 Å². The number of nitrogens with zero attached hydrogens (tertiary/aromatic N) is 1. The van der Waals surface area contributed by atoms with Gasteiger partial charge in [0.1, 0.15) is 0 Å². The first kappa shape index (κ1) is 15.2. The number of benzene rings is 2. The lowest BCUT2D eigenvalue weighted by molar-refractivity contribution is -0.170. The van der Waals surface area contributed by atoms with Crippen molar-refractivity contribution in [2.75, 3.05) is 0 Å². The zero-order chi connectivity index (χ0) is 16.6. The average Bonchev–Trinajstić information content (AvgIpc) is 2.79. The van der Waals surface area contributed by atoms with E-state index >= 15 is 0 Å². The van der Waals surface area contributed by atoms with Crippen LogP contribution in [0, 0.1) is 0 Å². The molecule has 1 heterocycles. The summed E-state index contributed by atoms with van der Waals surface area (Å²) in [6.45, 7) is 1.62. The summed E-state index contributed by atoms with van der Waals surface area (Å²) >= 11 is 5.90. The first-order valence-corrected chi connectivity index (χ1v) is 7.32. The van der Waals surface area contributed by atoms with Gasteiger partial charge in [0, 0.05) is 5.02 Å². The number of hydrogen-bond acceptors (Lipinski definition) is 4. The molecule has 0 N–H and O–H groups in total. The predicted molar refractivity (Wildman–Crippen MR) is 82.9 cm³/mol. The monoisotopic (exact) mass is 329 g/mol. The molecule has 1 aliphatic heterocycles. The summed E-state index contributed by atoms with van der Waals surface area (Å²) in [4.78, 5) is 41.6. The minimum absolute atomic E-state index is 0.223. The number of rotatable bonds is 3. The van der Waals surface area contributed by atoms with Crippen LogP contribution < -0.4 is 0 Å². The molecule has 2 amide bonds. The number of hydroxylamine groups is 2. The maximum absolute atomic E-state index is 12.2. The SMILES string of the molecule is CC(C(=O)ON1C(=O)c2ccccc2C1=O)c1cccc(Cl)c1. The van der Waals surface area contributed by atoms with Crippen LogP contribution in [0.5, 0.6) is 0 Å². The Balaban J connectivity index is 1.79. The van der Waals surface area contributed by atoms with E-state index in [1.807, 2.05) is 0 Å². The molecule has 0 spiro atoms. The van der Waals surface area contributed by atoms with Gasteiger partial charge in [-0.3, -0.25) is 9.59 Å². The number of amides is 2. The molecule has 23 heavy (non-hydrogen) atoms. The van der Waals surface area contributed by atoms with Crippen LogP contribution >= 0.6 is 11.6 Å². The van der Waals surface area contributed by atoms with Crippen LogP contribution in [-0.2, 0) is 9.63 Å². The summed E-state index contributed by atoms with van der Waals surface area (Å²) in [7, 11) is 0. The molecule has 0 aliphatic carbocycles. The Hall–Kier alpha value is -2.66. The molecule has 0 saturated heterocycles. The van der Waals surface area contributed by atoms with Crippen molar-refractivity contribution < 1.29 is 19.2 Å². The second kappa shape index (κ2) is 5.85. The van der Waals surface area contributed by atoms with Gasteiger partial charge in [0.25, 0.3) is 11.8 Å². The van der Waals surface area contributed by atoms with Crippen LogP contribution in [0.1, 0.15) is 39.1 Å². The Labute approximate surface area is 137 Å². The molecule has 1 unspecified atom stereocenters. The second-order valence-corrected chi connectivity index (χ2v) is 5.57. The highest BCUT2D eigenvalue weighted by Gasteiger charge is 2.39. The standard InChI is InChI=1S/C17H12ClNO4/c1-10(11-5-4-6-12(18)9-11)17(22)23-19-15(20)13-7-2-3-8-14(13)16(19)21/h2-10H,1H3. The highest BCUT2D eigenvalue weighted by Crippen LogP contribution is 2.25. The lowest BCUT2D eigenvalue weighted by Crippen LogP contribution is -2.34. The van der Waals surface area contributed by atoms with Crippen molar-refractivity contribution in [1.82, 2.24) is 5.06 Å². The van der Waals surface area contributed by atoms with Crippen LogP contribution in [0.25, 0.3) is 0 Å². The minimum Gasteiger partial charge on any atom is -0.329 e. The van der Waals surface area contributed by atoms with Gasteiger partial charge in [-0.25, -0.2) is 4.79 Å². The van der Waals surface area contributed by atoms with Gasteiger partial charge in [-0.1, -0.05) is 40.9 Å². The molecule has 0 radical (unpaired) electrons. The van der Waals surface area contributed by atoms with E-state index in [9.17, 15) is 14.4 Å². The summed E-state index contributed by atoms with van der Waals surface area (Å²) in [6, 6.07) is 13.1.